The monoisotopic (exact) mass is 210 g/mol. The van der Waals surface area contributed by atoms with Gasteiger partial charge in [0.25, 0.3) is 5.91 Å². The lowest BCUT2D eigenvalue weighted by atomic mass is 10.2. The predicted molar refractivity (Wildman–Crippen MR) is 56.3 cm³/mol. The molecule has 0 aromatic rings. The number of hydrogen-bond donors (Lipinski definition) is 0. The van der Waals surface area contributed by atoms with E-state index in [0.717, 1.165) is 25.7 Å². The third-order valence-corrected chi connectivity index (χ3v) is 3.57. The summed E-state index contributed by atoms with van der Waals surface area (Å²) in [6.07, 6.45) is 4.97. The normalized spacial score (nSPS) is 28.3. The van der Waals surface area contributed by atoms with Gasteiger partial charge >= 0.3 is 6.03 Å². The van der Waals surface area contributed by atoms with E-state index in [1.54, 1.807) is 11.9 Å². The van der Waals surface area contributed by atoms with E-state index in [0.29, 0.717) is 6.42 Å². The molecule has 0 radical (unpaired) electrons. The van der Waals surface area contributed by atoms with E-state index in [-0.39, 0.29) is 24.0 Å². The van der Waals surface area contributed by atoms with E-state index in [4.69, 9.17) is 0 Å². The Balaban J connectivity index is 2.18. The molecule has 1 heterocycles. The fraction of sp³-hybridized carbons (Fsp3) is 0.818. The van der Waals surface area contributed by atoms with Crippen LogP contribution in [0.1, 0.15) is 39.0 Å². The summed E-state index contributed by atoms with van der Waals surface area (Å²) in [5, 5.41) is 0. The van der Waals surface area contributed by atoms with Gasteiger partial charge in [0.15, 0.2) is 0 Å². The van der Waals surface area contributed by atoms with Gasteiger partial charge in [0, 0.05) is 13.1 Å². The number of rotatable bonds is 2. The van der Waals surface area contributed by atoms with Crippen LogP contribution >= 0.6 is 0 Å². The minimum Gasteiger partial charge on any atom is -0.315 e. The standard InChI is InChI=1S/C11H18N2O2/c1-3-9-10(14)13(11(15)12(9)2)8-6-4-5-7-8/h8-9H,3-7H2,1-2H3. The van der Waals surface area contributed by atoms with Gasteiger partial charge in [-0.05, 0) is 19.3 Å². The molecule has 0 N–H and O–H groups in total. The van der Waals surface area contributed by atoms with E-state index in [1.807, 2.05) is 6.92 Å². The van der Waals surface area contributed by atoms with Crippen LogP contribution in [0.3, 0.4) is 0 Å². The van der Waals surface area contributed by atoms with Crippen LogP contribution in [0.25, 0.3) is 0 Å². The Kier molecular flexibility index (Phi) is 2.67. The molecule has 1 aliphatic carbocycles. The molecule has 3 amide bonds. The van der Waals surface area contributed by atoms with E-state index >= 15 is 0 Å². The number of carbonyl (C=O) groups excluding carboxylic acids is 2. The molecule has 0 spiro atoms. The molecule has 2 rings (SSSR count). The van der Waals surface area contributed by atoms with Crippen LogP contribution in [0.4, 0.5) is 4.79 Å². The van der Waals surface area contributed by atoms with Crippen LogP contribution in [0.5, 0.6) is 0 Å². The Bertz CT molecular complexity index is 284. The first kappa shape index (κ1) is 10.5. The van der Waals surface area contributed by atoms with Crippen LogP contribution in [0.15, 0.2) is 0 Å². The average molecular weight is 210 g/mol. The smallest absolute Gasteiger partial charge is 0.315 e. The van der Waals surface area contributed by atoms with Crippen molar-refractivity contribution in [2.24, 2.45) is 0 Å². The van der Waals surface area contributed by atoms with Crippen molar-refractivity contribution < 1.29 is 9.59 Å². The molecule has 4 nitrogen and oxygen atoms in total. The fourth-order valence-corrected chi connectivity index (χ4v) is 2.67. The van der Waals surface area contributed by atoms with E-state index < -0.39 is 0 Å². The highest BCUT2D eigenvalue weighted by Crippen LogP contribution is 2.29. The van der Waals surface area contributed by atoms with E-state index in [2.05, 4.69) is 0 Å². The molecule has 0 aromatic carbocycles. The molecule has 84 valence electrons. The molecule has 2 fully saturated rings. The molecule has 0 aromatic heterocycles. The maximum absolute atomic E-state index is 12.0. The number of hydrogen-bond acceptors (Lipinski definition) is 2. The van der Waals surface area contributed by atoms with Crippen molar-refractivity contribution in [2.45, 2.75) is 51.1 Å². The van der Waals surface area contributed by atoms with Crippen molar-refractivity contribution in [3.05, 3.63) is 0 Å². The van der Waals surface area contributed by atoms with Gasteiger partial charge in [-0.15, -0.1) is 0 Å². The second kappa shape index (κ2) is 3.83. The molecule has 1 saturated carbocycles. The van der Waals surface area contributed by atoms with Crippen molar-refractivity contribution in [1.29, 1.82) is 0 Å². The highest BCUT2D eigenvalue weighted by molar-refractivity contribution is 6.04. The summed E-state index contributed by atoms with van der Waals surface area (Å²) in [4.78, 5) is 27.0. The van der Waals surface area contributed by atoms with Gasteiger partial charge in [-0.2, -0.15) is 0 Å². The third kappa shape index (κ3) is 1.52. The Morgan fingerprint density at radius 1 is 1.27 bits per heavy atom. The molecular weight excluding hydrogens is 192 g/mol. The molecule has 0 bridgehead atoms. The summed E-state index contributed by atoms with van der Waals surface area (Å²) in [6, 6.07) is -0.152. The zero-order valence-electron chi connectivity index (χ0n) is 9.40. The second-order valence-electron chi connectivity index (χ2n) is 4.46. The van der Waals surface area contributed by atoms with Crippen molar-refractivity contribution in [3.63, 3.8) is 0 Å². The maximum Gasteiger partial charge on any atom is 0.327 e. The van der Waals surface area contributed by atoms with Crippen molar-refractivity contribution >= 4 is 11.9 Å². The Morgan fingerprint density at radius 3 is 2.33 bits per heavy atom. The molecule has 4 heteroatoms. The minimum absolute atomic E-state index is 0.0110. The first-order chi connectivity index (χ1) is 7.16. The van der Waals surface area contributed by atoms with Crippen LogP contribution in [-0.4, -0.2) is 40.9 Å². The molecule has 1 atom stereocenters. The van der Waals surface area contributed by atoms with Gasteiger partial charge < -0.3 is 4.90 Å². The number of likely N-dealkylation sites (N-methyl/N-ethyl adjacent to an activating group) is 1. The maximum atomic E-state index is 12.0. The van der Waals surface area contributed by atoms with Crippen LogP contribution in [0, 0.1) is 0 Å². The van der Waals surface area contributed by atoms with Crippen LogP contribution in [-0.2, 0) is 4.79 Å². The second-order valence-corrected chi connectivity index (χ2v) is 4.46. The molecule has 1 unspecified atom stereocenters. The molecule has 1 saturated heterocycles. The summed E-state index contributed by atoms with van der Waals surface area (Å²) in [7, 11) is 1.73. The fourth-order valence-electron chi connectivity index (χ4n) is 2.67. The summed E-state index contributed by atoms with van der Waals surface area (Å²) in [5.41, 5.74) is 0. The van der Waals surface area contributed by atoms with Gasteiger partial charge in [-0.1, -0.05) is 19.8 Å². The number of carbonyl (C=O) groups is 2. The Morgan fingerprint density at radius 2 is 1.87 bits per heavy atom. The number of imide groups is 1. The van der Waals surface area contributed by atoms with E-state index in [9.17, 15) is 9.59 Å². The summed E-state index contributed by atoms with van der Waals surface area (Å²) in [6.45, 7) is 1.95. The summed E-state index contributed by atoms with van der Waals surface area (Å²) < 4.78 is 0. The quantitative estimate of drug-likeness (QED) is 0.649. The van der Waals surface area contributed by atoms with Gasteiger partial charge in [0.05, 0.1) is 0 Å². The predicted octanol–water partition coefficient (Wildman–Crippen LogP) is 1.60. The highest BCUT2D eigenvalue weighted by Gasteiger charge is 2.45. The summed E-state index contributed by atoms with van der Waals surface area (Å²) in [5.74, 6) is 0.0110. The number of amides is 3. The zero-order valence-corrected chi connectivity index (χ0v) is 9.40. The van der Waals surface area contributed by atoms with Crippen molar-refractivity contribution in [2.75, 3.05) is 7.05 Å². The Labute approximate surface area is 90.2 Å². The molecule has 2 aliphatic rings. The van der Waals surface area contributed by atoms with Gasteiger partial charge in [0.1, 0.15) is 6.04 Å². The topological polar surface area (TPSA) is 40.6 Å². The summed E-state index contributed by atoms with van der Waals surface area (Å²) >= 11 is 0. The largest absolute Gasteiger partial charge is 0.327 e. The number of urea groups is 1. The van der Waals surface area contributed by atoms with Crippen molar-refractivity contribution in [1.82, 2.24) is 9.80 Å². The van der Waals surface area contributed by atoms with Crippen molar-refractivity contribution in [3.8, 4) is 0 Å². The average Bonchev–Trinajstić information content (AvgIpc) is 2.77. The third-order valence-electron chi connectivity index (χ3n) is 3.57. The molecular formula is C11H18N2O2. The van der Waals surface area contributed by atoms with Gasteiger partial charge in [0.2, 0.25) is 0 Å². The first-order valence-electron chi connectivity index (χ1n) is 5.76. The number of nitrogens with zero attached hydrogens (tertiary/aromatic N) is 2. The molecule has 15 heavy (non-hydrogen) atoms. The lowest BCUT2D eigenvalue weighted by Crippen LogP contribution is -2.39. The van der Waals surface area contributed by atoms with Gasteiger partial charge in [-0.3, -0.25) is 9.69 Å². The van der Waals surface area contributed by atoms with Gasteiger partial charge in [-0.25, -0.2) is 4.79 Å². The van der Waals surface area contributed by atoms with E-state index in [1.165, 1.54) is 4.90 Å². The first-order valence-corrected chi connectivity index (χ1v) is 5.76. The molecule has 1 aliphatic heterocycles. The zero-order chi connectivity index (χ0) is 11.0. The van der Waals surface area contributed by atoms with Crippen LogP contribution in [0.2, 0.25) is 0 Å². The highest BCUT2D eigenvalue weighted by atomic mass is 16.2. The van der Waals surface area contributed by atoms with Crippen LogP contribution < -0.4 is 0 Å². The lowest BCUT2D eigenvalue weighted by Gasteiger charge is -2.20. The SMILES string of the molecule is CCC1C(=O)N(C2CCCC2)C(=O)N1C. The lowest BCUT2D eigenvalue weighted by molar-refractivity contribution is -0.129. The Hall–Kier alpha value is -1.06. The minimum atomic E-state index is -0.224.